The minimum atomic E-state index is 0.0639. The van der Waals surface area contributed by atoms with Crippen LogP contribution in [0, 0.1) is 22.7 Å². The van der Waals surface area contributed by atoms with E-state index in [1.54, 1.807) is 12.4 Å². The minimum absolute atomic E-state index is 0.0639. The van der Waals surface area contributed by atoms with Crippen LogP contribution < -0.4 is 0 Å². The molecule has 0 unspecified atom stereocenters. The van der Waals surface area contributed by atoms with Crippen molar-refractivity contribution >= 4 is 15.9 Å². The van der Waals surface area contributed by atoms with Gasteiger partial charge in [0.05, 0.1) is 4.47 Å². The molecule has 7 heteroatoms. The summed E-state index contributed by atoms with van der Waals surface area (Å²) in [4.78, 5) is 11.8. The smallest absolute Gasteiger partial charge is 0.236 e. The molecule has 2 aromatic heterocycles. The van der Waals surface area contributed by atoms with E-state index >= 15 is 0 Å². The molecule has 0 aliphatic heterocycles. The molecule has 0 atom stereocenters. The van der Waals surface area contributed by atoms with Crippen molar-refractivity contribution in [1.82, 2.24) is 19.5 Å². The normalized spacial score (nSPS) is 9.44. The molecule has 0 bridgehead atoms. The summed E-state index contributed by atoms with van der Waals surface area (Å²) < 4.78 is 2.10. The van der Waals surface area contributed by atoms with Crippen LogP contribution in [0.4, 0.5) is 0 Å². The highest BCUT2D eigenvalue weighted by molar-refractivity contribution is 9.10. The van der Waals surface area contributed by atoms with E-state index in [9.17, 15) is 0 Å². The van der Waals surface area contributed by atoms with Crippen molar-refractivity contribution in [2.75, 3.05) is 0 Å². The predicted octanol–water partition coefficient (Wildman–Crippen LogP) is 1.17. The summed E-state index contributed by atoms with van der Waals surface area (Å²) in [6, 6.07) is 3.72. The van der Waals surface area contributed by atoms with Crippen LogP contribution in [0.25, 0.3) is 5.95 Å². The molecule has 0 fully saturated rings. The fourth-order valence-corrected chi connectivity index (χ4v) is 1.32. The molecule has 0 saturated carbocycles. The topological polar surface area (TPSA) is 91.2 Å². The number of hydrogen-bond acceptors (Lipinski definition) is 5. The van der Waals surface area contributed by atoms with E-state index < -0.39 is 0 Å². The third kappa shape index (κ3) is 1.64. The molecule has 0 aliphatic carbocycles. The first-order chi connectivity index (χ1) is 7.76. The number of halogens is 1. The molecule has 16 heavy (non-hydrogen) atoms. The average Bonchev–Trinajstić information content (AvgIpc) is 2.72. The first kappa shape index (κ1) is 10.3. The SMILES string of the molecule is N#Cc1ncn(-c2ncc(Br)cn2)c1C#N. The zero-order valence-corrected chi connectivity index (χ0v) is 9.38. The van der Waals surface area contributed by atoms with Crippen molar-refractivity contribution < 1.29 is 0 Å². The van der Waals surface area contributed by atoms with Crippen LogP contribution in [-0.4, -0.2) is 19.5 Å². The van der Waals surface area contributed by atoms with Gasteiger partial charge < -0.3 is 0 Å². The standard InChI is InChI=1S/C9H3BrN6/c10-6-3-13-9(14-4-6)16-5-15-7(1-11)8(16)2-12/h3-5H. The molecule has 2 aromatic rings. The largest absolute Gasteiger partial charge is 0.257 e. The lowest BCUT2D eigenvalue weighted by atomic mass is 10.3. The molecule has 76 valence electrons. The Bertz CT molecular complexity index is 600. The Labute approximate surface area is 98.9 Å². The first-order valence-corrected chi connectivity index (χ1v) is 4.91. The van der Waals surface area contributed by atoms with Crippen LogP contribution >= 0.6 is 15.9 Å². The predicted molar refractivity (Wildman–Crippen MR) is 56.3 cm³/mol. The van der Waals surface area contributed by atoms with Gasteiger partial charge in [0.15, 0.2) is 11.4 Å². The monoisotopic (exact) mass is 274 g/mol. The Kier molecular flexibility index (Phi) is 2.63. The van der Waals surface area contributed by atoms with Gasteiger partial charge in [-0.3, -0.25) is 4.57 Å². The zero-order chi connectivity index (χ0) is 11.5. The molecule has 0 N–H and O–H groups in total. The number of nitrogens with zero attached hydrogens (tertiary/aromatic N) is 6. The highest BCUT2D eigenvalue weighted by atomic mass is 79.9. The number of aromatic nitrogens is 4. The number of imidazole rings is 1. The Hall–Kier alpha value is -2.25. The van der Waals surface area contributed by atoms with Gasteiger partial charge in [-0.1, -0.05) is 0 Å². The van der Waals surface area contributed by atoms with Crippen molar-refractivity contribution in [3.63, 3.8) is 0 Å². The van der Waals surface area contributed by atoms with E-state index in [-0.39, 0.29) is 11.4 Å². The summed E-state index contributed by atoms with van der Waals surface area (Å²) in [5, 5.41) is 17.6. The highest BCUT2D eigenvalue weighted by Crippen LogP contribution is 2.11. The fraction of sp³-hybridized carbons (Fsp3) is 0. The summed E-state index contributed by atoms with van der Waals surface area (Å²) in [5.74, 6) is 0.300. The summed E-state index contributed by atoms with van der Waals surface area (Å²) in [6.45, 7) is 0. The van der Waals surface area contributed by atoms with Gasteiger partial charge in [-0.25, -0.2) is 15.0 Å². The van der Waals surface area contributed by atoms with Gasteiger partial charge in [-0.2, -0.15) is 10.5 Å². The van der Waals surface area contributed by atoms with Crippen molar-refractivity contribution in [3.8, 4) is 18.1 Å². The van der Waals surface area contributed by atoms with Crippen molar-refractivity contribution in [3.05, 3.63) is 34.6 Å². The number of rotatable bonds is 1. The van der Waals surface area contributed by atoms with Crippen LogP contribution in [0.5, 0.6) is 0 Å². The summed E-state index contributed by atoms with van der Waals surface area (Å²) in [7, 11) is 0. The summed E-state index contributed by atoms with van der Waals surface area (Å²) in [6.07, 6.45) is 4.45. The van der Waals surface area contributed by atoms with Gasteiger partial charge in [0.1, 0.15) is 18.5 Å². The maximum Gasteiger partial charge on any atom is 0.236 e. The lowest BCUT2D eigenvalue weighted by Gasteiger charge is -2.00. The van der Waals surface area contributed by atoms with Crippen LogP contribution in [-0.2, 0) is 0 Å². The number of nitriles is 2. The molecule has 2 rings (SSSR count). The second-order valence-corrected chi connectivity index (χ2v) is 3.65. The second-order valence-electron chi connectivity index (χ2n) is 2.74. The lowest BCUT2D eigenvalue weighted by molar-refractivity contribution is 0.909. The fourth-order valence-electron chi connectivity index (χ4n) is 1.12. The molecule has 0 amide bonds. The molecule has 0 aliphatic rings. The molecule has 2 heterocycles. The van der Waals surface area contributed by atoms with E-state index in [4.69, 9.17) is 10.5 Å². The molecule has 0 radical (unpaired) electrons. The molecule has 6 nitrogen and oxygen atoms in total. The van der Waals surface area contributed by atoms with E-state index in [1.807, 2.05) is 12.1 Å². The average molecular weight is 275 g/mol. The van der Waals surface area contributed by atoms with Crippen molar-refractivity contribution in [1.29, 1.82) is 10.5 Å². The quantitative estimate of drug-likeness (QED) is 0.778. The minimum Gasteiger partial charge on any atom is -0.257 e. The van der Waals surface area contributed by atoms with Gasteiger partial charge >= 0.3 is 0 Å². The van der Waals surface area contributed by atoms with Crippen LogP contribution in [0.2, 0.25) is 0 Å². The van der Waals surface area contributed by atoms with Crippen LogP contribution in [0.1, 0.15) is 11.4 Å². The molecular weight excluding hydrogens is 272 g/mol. The maximum atomic E-state index is 8.91. The molecular formula is C9H3BrN6. The second kappa shape index (κ2) is 4.09. The molecule has 0 saturated heterocycles. The van der Waals surface area contributed by atoms with Gasteiger partial charge in [0.25, 0.3) is 0 Å². The maximum absolute atomic E-state index is 8.91. The highest BCUT2D eigenvalue weighted by Gasteiger charge is 2.12. The van der Waals surface area contributed by atoms with E-state index in [1.165, 1.54) is 10.9 Å². The summed E-state index contributed by atoms with van der Waals surface area (Å²) >= 11 is 3.21. The van der Waals surface area contributed by atoms with Gasteiger partial charge in [0, 0.05) is 12.4 Å². The first-order valence-electron chi connectivity index (χ1n) is 4.11. The Morgan fingerprint density at radius 2 is 1.81 bits per heavy atom. The zero-order valence-electron chi connectivity index (χ0n) is 7.79. The van der Waals surface area contributed by atoms with E-state index in [2.05, 4.69) is 30.9 Å². The number of hydrogen-bond donors (Lipinski definition) is 0. The molecule has 0 aromatic carbocycles. The Morgan fingerprint density at radius 3 is 2.38 bits per heavy atom. The summed E-state index contributed by atoms with van der Waals surface area (Å²) in [5.41, 5.74) is 0.193. The third-order valence-corrected chi connectivity index (χ3v) is 2.21. The van der Waals surface area contributed by atoms with Crippen molar-refractivity contribution in [2.45, 2.75) is 0 Å². The van der Waals surface area contributed by atoms with E-state index in [0.717, 1.165) is 4.47 Å². The van der Waals surface area contributed by atoms with Crippen LogP contribution in [0.3, 0.4) is 0 Å². The van der Waals surface area contributed by atoms with Gasteiger partial charge in [-0.05, 0) is 15.9 Å². The van der Waals surface area contributed by atoms with Crippen LogP contribution in [0.15, 0.2) is 23.2 Å². The van der Waals surface area contributed by atoms with Gasteiger partial charge in [0.2, 0.25) is 5.95 Å². The van der Waals surface area contributed by atoms with Crippen molar-refractivity contribution in [2.24, 2.45) is 0 Å². The third-order valence-electron chi connectivity index (χ3n) is 1.80. The lowest BCUT2D eigenvalue weighted by Crippen LogP contribution is -2.01. The van der Waals surface area contributed by atoms with Gasteiger partial charge in [-0.15, -0.1) is 0 Å². The Morgan fingerprint density at radius 1 is 1.12 bits per heavy atom. The van der Waals surface area contributed by atoms with E-state index in [0.29, 0.717) is 5.95 Å². The Balaban J connectivity index is 2.58. The molecule has 0 spiro atoms.